The summed E-state index contributed by atoms with van der Waals surface area (Å²) >= 11 is 1.50. The molecule has 2 heterocycles. The Bertz CT molecular complexity index is 1270. The van der Waals surface area contributed by atoms with Crippen molar-refractivity contribution in [2.24, 2.45) is 5.41 Å². The highest BCUT2D eigenvalue weighted by atomic mass is 32.1. The van der Waals surface area contributed by atoms with Crippen LogP contribution < -0.4 is 4.90 Å². The van der Waals surface area contributed by atoms with Crippen LogP contribution in [0.1, 0.15) is 50.0 Å². The second-order valence-corrected chi connectivity index (χ2v) is 11.7. The molecule has 0 saturated carbocycles. The summed E-state index contributed by atoms with van der Waals surface area (Å²) in [5.74, 6) is -0.265. The van der Waals surface area contributed by atoms with E-state index in [1.807, 2.05) is 16.8 Å². The number of ketones is 1. The standard InChI is InChI=1S/C28H30F3NO3S/c1-25(2,21-13-18(9-10-23(21)33)19-11-12-36-14-19)15-27(35,28(29,30)31)17-32-16-26(3,4)24(34)20-7-5-6-8-22(20)32/h5-14,33,35H,15-17H2,1-4H3. The molecule has 8 heteroatoms. The molecule has 1 aliphatic rings. The third-order valence-electron chi connectivity index (χ3n) is 6.98. The molecule has 1 aliphatic heterocycles. The highest BCUT2D eigenvalue weighted by molar-refractivity contribution is 7.08. The van der Waals surface area contributed by atoms with Crippen molar-refractivity contribution >= 4 is 22.8 Å². The van der Waals surface area contributed by atoms with E-state index in [0.29, 0.717) is 16.8 Å². The number of halogens is 3. The molecule has 0 fully saturated rings. The Morgan fingerprint density at radius 3 is 2.39 bits per heavy atom. The quantitative estimate of drug-likeness (QED) is 0.377. The van der Waals surface area contributed by atoms with Crippen molar-refractivity contribution in [2.45, 2.75) is 51.3 Å². The maximum absolute atomic E-state index is 14.5. The van der Waals surface area contributed by atoms with E-state index in [9.17, 15) is 28.2 Å². The summed E-state index contributed by atoms with van der Waals surface area (Å²) in [6, 6.07) is 13.3. The number of fused-ring (bicyclic) bond motifs is 1. The molecule has 0 radical (unpaired) electrons. The Morgan fingerprint density at radius 1 is 1.06 bits per heavy atom. The number of para-hydroxylation sites is 1. The summed E-state index contributed by atoms with van der Waals surface area (Å²) in [7, 11) is 0. The van der Waals surface area contributed by atoms with Crippen LogP contribution in [0.3, 0.4) is 0 Å². The van der Waals surface area contributed by atoms with Crippen molar-refractivity contribution in [3.63, 3.8) is 0 Å². The molecule has 36 heavy (non-hydrogen) atoms. The van der Waals surface area contributed by atoms with Gasteiger partial charge in [-0.1, -0.05) is 45.9 Å². The molecule has 0 saturated heterocycles. The predicted octanol–water partition coefficient (Wildman–Crippen LogP) is 6.81. The molecule has 0 spiro atoms. The molecular weight excluding hydrogens is 487 g/mol. The average Bonchev–Trinajstić information content (AvgIpc) is 3.31. The second kappa shape index (κ2) is 8.92. The Kier molecular flexibility index (Phi) is 6.50. The zero-order valence-electron chi connectivity index (χ0n) is 20.7. The summed E-state index contributed by atoms with van der Waals surface area (Å²) in [4.78, 5) is 14.3. The van der Waals surface area contributed by atoms with Crippen LogP contribution in [0.15, 0.2) is 59.3 Å². The van der Waals surface area contributed by atoms with Crippen molar-refractivity contribution in [2.75, 3.05) is 18.0 Å². The van der Waals surface area contributed by atoms with Crippen LogP contribution in [0.4, 0.5) is 18.9 Å². The Morgan fingerprint density at radius 2 is 1.75 bits per heavy atom. The molecule has 1 aromatic heterocycles. The molecule has 0 aliphatic carbocycles. The number of aliphatic hydroxyl groups is 1. The van der Waals surface area contributed by atoms with Gasteiger partial charge in [-0.15, -0.1) is 0 Å². The molecule has 4 nitrogen and oxygen atoms in total. The fourth-order valence-electron chi connectivity index (χ4n) is 5.16. The molecule has 0 amide bonds. The van der Waals surface area contributed by atoms with Crippen LogP contribution in [-0.4, -0.2) is 40.9 Å². The number of hydrogen-bond acceptors (Lipinski definition) is 5. The van der Waals surface area contributed by atoms with Gasteiger partial charge in [0, 0.05) is 28.8 Å². The number of β-amino-alcohol motifs (C(OH)–C–C–N with tert-alkyl or cyclic N) is 1. The molecule has 4 rings (SSSR count). The van der Waals surface area contributed by atoms with Crippen LogP contribution in [0.5, 0.6) is 5.75 Å². The van der Waals surface area contributed by atoms with Gasteiger partial charge in [-0.2, -0.15) is 24.5 Å². The molecule has 2 aromatic carbocycles. The number of thiophene rings is 1. The third-order valence-corrected chi connectivity index (χ3v) is 7.67. The number of nitrogens with zero attached hydrogens (tertiary/aromatic N) is 1. The molecular formula is C28H30F3NO3S. The van der Waals surface area contributed by atoms with E-state index < -0.39 is 35.6 Å². The van der Waals surface area contributed by atoms with Gasteiger partial charge in [-0.25, -0.2) is 0 Å². The minimum atomic E-state index is -4.95. The van der Waals surface area contributed by atoms with Gasteiger partial charge in [0.15, 0.2) is 11.4 Å². The Balaban J connectivity index is 1.72. The number of benzene rings is 2. The van der Waals surface area contributed by atoms with Crippen molar-refractivity contribution in [1.29, 1.82) is 0 Å². The topological polar surface area (TPSA) is 60.8 Å². The lowest BCUT2D eigenvalue weighted by Crippen LogP contribution is -2.59. The van der Waals surface area contributed by atoms with Gasteiger partial charge >= 0.3 is 6.18 Å². The van der Waals surface area contributed by atoms with Gasteiger partial charge in [0.05, 0.1) is 6.54 Å². The van der Waals surface area contributed by atoms with E-state index in [4.69, 9.17) is 0 Å². The van der Waals surface area contributed by atoms with Gasteiger partial charge in [0.1, 0.15) is 5.75 Å². The lowest BCUT2D eigenvalue weighted by atomic mass is 9.73. The van der Waals surface area contributed by atoms with E-state index in [1.165, 1.54) is 22.3 Å². The summed E-state index contributed by atoms with van der Waals surface area (Å²) in [6.45, 7) is 5.88. The highest BCUT2D eigenvalue weighted by Gasteiger charge is 2.57. The van der Waals surface area contributed by atoms with E-state index >= 15 is 0 Å². The lowest BCUT2D eigenvalue weighted by molar-refractivity contribution is -0.262. The monoisotopic (exact) mass is 517 g/mol. The fourth-order valence-corrected chi connectivity index (χ4v) is 5.82. The number of anilines is 1. The number of rotatable bonds is 6. The largest absolute Gasteiger partial charge is 0.508 e. The van der Waals surface area contributed by atoms with E-state index in [-0.39, 0.29) is 18.1 Å². The first-order chi connectivity index (χ1) is 16.6. The van der Waals surface area contributed by atoms with Crippen molar-refractivity contribution < 1.29 is 28.2 Å². The summed E-state index contributed by atoms with van der Waals surface area (Å²) in [6.07, 6.45) is -5.64. The minimum absolute atomic E-state index is 0.0422. The smallest absolute Gasteiger partial charge is 0.418 e. The van der Waals surface area contributed by atoms with E-state index in [1.54, 1.807) is 64.1 Å². The number of carbonyl (C=O) groups is 1. The van der Waals surface area contributed by atoms with Crippen LogP contribution in [0.2, 0.25) is 0 Å². The van der Waals surface area contributed by atoms with E-state index in [0.717, 1.165) is 11.1 Å². The Labute approximate surface area is 213 Å². The lowest BCUT2D eigenvalue weighted by Gasteiger charge is -2.45. The minimum Gasteiger partial charge on any atom is -0.508 e. The maximum atomic E-state index is 14.5. The fraction of sp³-hybridized carbons (Fsp3) is 0.393. The van der Waals surface area contributed by atoms with Crippen LogP contribution >= 0.6 is 11.3 Å². The number of phenols is 1. The predicted molar refractivity (Wildman–Crippen MR) is 137 cm³/mol. The van der Waals surface area contributed by atoms with Gasteiger partial charge in [0.25, 0.3) is 0 Å². The van der Waals surface area contributed by atoms with Crippen LogP contribution in [0.25, 0.3) is 11.1 Å². The zero-order chi connectivity index (χ0) is 26.5. The molecule has 192 valence electrons. The number of hydrogen-bond donors (Lipinski definition) is 2. The molecule has 0 bridgehead atoms. The molecule has 1 atom stereocenters. The number of carbonyl (C=O) groups excluding carboxylic acids is 1. The summed E-state index contributed by atoms with van der Waals surface area (Å²) < 4.78 is 43.6. The Hall–Kier alpha value is -2.84. The number of alkyl halides is 3. The van der Waals surface area contributed by atoms with Crippen molar-refractivity contribution in [3.05, 3.63) is 70.4 Å². The van der Waals surface area contributed by atoms with E-state index in [2.05, 4.69) is 0 Å². The first kappa shape index (κ1) is 26.2. The van der Waals surface area contributed by atoms with Crippen molar-refractivity contribution in [3.8, 4) is 16.9 Å². The van der Waals surface area contributed by atoms with Gasteiger partial charge in [0.2, 0.25) is 0 Å². The van der Waals surface area contributed by atoms with Crippen LogP contribution in [-0.2, 0) is 5.41 Å². The third kappa shape index (κ3) is 4.76. The van der Waals surface area contributed by atoms with Gasteiger partial charge in [-0.3, -0.25) is 4.79 Å². The van der Waals surface area contributed by atoms with Gasteiger partial charge < -0.3 is 15.1 Å². The number of aromatic hydroxyl groups is 1. The van der Waals surface area contributed by atoms with Crippen LogP contribution in [0, 0.1) is 5.41 Å². The summed E-state index contributed by atoms with van der Waals surface area (Å²) in [5.41, 5.74) is -2.53. The SMILES string of the molecule is CC1(C)CN(CC(O)(CC(C)(C)c2cc(-c3ccsc3)ccc2O)C(F)(F)F)c2ccccc2C1=O. The molecule has 1 unspecified atom stereocenters. The van der Waals surface area contributed by atoms with Gasteiger partial charge in [-0.05, 0) is 64.1 Å². The zero-order valence-corrected chi connectivity index (χ0v) is 21.5. The first-order valence-electron chi connectivity index (χ1n) is 11.7. The maximum Gasteiger partial charge on any atom is 0.418 e. The first-order valence-corrected chi connectivity index (χ1v) is 12.6. The average molecular weight is 518 g/mol. The van der Waals surface area contributed by atoms with Crippen molar-refractivity contribution in [1.82, 2.24) is 0 Å². The summed E-state index contributed by atoms with van der Waals surface area (Å²) in [5, 5.41) is 25.7. The number of Topliss-reactive ketones (excluding diaryl/α,β-unsaturated/α-hetero) is 1. The molecule has 3 aromatic rings. The molecule has 2 N–H and O–H groups in total. The second-order valence-electron chi connectivity index (χ2n) is 10.9. The normalized spacial score (nSPS) is 17.6. The number of phenolic OH excluding ortho intramolecular Hbond substituents is 1. The highest BCUT2D eigenvalue weighted by Crippen LogP contribution is 2.46.